The van der Waals surface area contributed by atoms with Gasteiger partial charge in [0.05, 0.1) is 17.4 Å². The molecule has 0 aliphatic heterocycles. The van der Waals surface area contributed by atoms with Crippen LogP contribution in [0.3, 0.4) is 0 Å². The van der Waals surface area contributed by atoms with Crippen molar-refractivity contribution in [1.82, 2.24) is 14.7 Å². The lowest BCUT2D eigenvalue weighted by Crippen LogP contribution is -2.44. The molecule has 23 heavy (non-hydrogen) atoms. The van der Waals surface area contributed by atoms with Gasteiger partial charge in [0.2, 0.25) is 0 Å². The summed E-state index contributed by atoms with van der Waals surface area (Å²) in [5.74, 6) is -1.28. The van der Waals surface area contributed by atoms with Gasteiger partial charge in [-0.3, -0.25) is 4.79 Å². The molecule has 1 aromatic heterocycles. The van der Waals surface area contributed by atoms with Crippen molar-refractivity contribution in [2.24, 2.45) is 0 Å². The third-order valence-electron chi connectivity index (χ3n) is 3.85. The molecule has 7 heteroatoms. The van der Waals surface area contributed by atoms with E-state index in [4.69, 9.17) is 0 Å². The first-order valence-corrected chi connectivity index (χ1v) is 8.13. The van der Waals surface area contributed by atoms with Gasteiger partial charge in [-0.2, -0.15) is 5.10 Å². The average Bonchev–Trinajstić information content (AvgIpc) is 3.22. The predicted octanol–water partition coefficient (Wildman–Crippen LogP) is 2.71. The summed E-state index contributed by atoms with van der Waals surface area (Å²) in [6, 6.07) is 6.73. The highest BCUT2D eigenvalue weighted by atomic mass is 79.9. The van der Waals surface area contributed by atoms with E-state index in [0.717, 1.165) is 23.0 Å². The zero-order chi connectivity index (χ0) is 16.6. The molecule has 1 aromatic carbocycles. The van der Waals surface area contributed by atoms with Crippen LogP contribution < -0.4 is 0 Å². The summed E-state index contributed by atoms with van der Waals surface area (Å²) in [5, 5.41) is 13.4. The molecule has 1 unspecified atom stereocenters. The van der Waals surface area contributed by atoms with Gasteiger partial charge >= 0.3 is 5.97 Å². The Bertz CT molecular complexity index is 755. The Hall–Kier alpha value is -2.15. The van der Waals surface area contributed by atoms with Gasteiger partial charge in [0.15, 0.2) is 0 Å². The molecular formula is C16H16BrN3O3. The molecule has 1 saturated carbocycles. The van der Waals surface area contributed by atoms with Crippen LogP contribution in [-0.2, 0) is 4.79 Å². The van der Waals surface area contributed by atoms with E-state index in [2.05, 4.69) is 21.0 Å². The zero-order valence-corrected chi connectivity index (χ0v) is 14.1. The Morgan fingerprint density at radius 3 is 2.78 bits per heavy atom. The van der Waals surface area contributed by atoms with E-state index in [1.54, 1.807) is 10.9 Å². The Balaban J connectivity index is 1.86. The Kier molecular flexibility index (Phi) is 4.21. The first kappa shape index (κ1) is 15.7. The van der Waals surface area contributed by atoms with E-state index < -0.39 is 12.0 Å². The predicted molar refractivity (Wildman–Crippen MR) is 87.6 cm³/mol. The number of aliphatic carboxylic acids is 1. The number of aromatic nitrogens is 2. The fourth-order valence-corrected chi connectivity index (χ4v) is 2.86. The molecule has 120 valence electrons. The van der Waals surface area contributed by atoms with E-state index in [1.807, 2.05) is 24.3 Å². The first-order chi connectivity index (χ1) is 11.0. The number of benzene rings is 1. The summed E-state index contributed by atoms with van der Waals surface area (Å²) < 4.78 is 2.52. The van der Waals surface area contributed by atoms with Gasteiger partial charge in [-0.25, -0.2) is 9.48 Å². The number of carbonyl (C=O) groups is 2. The third kappa shape index (κ3) is 3.29. The quantitative estimate of drug-likeness (QED) is 0.868. The summed E-state index contributed by atoms with van der Waals surface area (Å²) in [4.78, 5) is 25.4. The number of amides is 1. The van der Waals surface area contributed by atoms with Crippen molar-refractivity contribution in [2.75, 3.05) is 0 Å². The van der Waals surface area contributed by atoms with E-state index in [9.17, 15) is 14.7 Å². The molecule has 1 aliphatic carbocycles. The maximum absolute atomic E-state index is 12.7. The van der Waals surface area contributed by atoms with Gasteiger partial charge in [0.25, 0.3) is 5.91 Å². The summed E-state index contributed by atoms with van der Waals surface area (Å²) in [6.07, 6.45) is 4.81. The lowest BCUT2D eigenvalue weighted by molar-refractivity contribution is -0.141. The number of carbonyl (C=O) groups excluding carboxylic acids is 1. The normalized spacial score (nSPS) is 15.2. The Labute approximate surface area is 141 Å². The van der Waals surface area contributed by atoms with E-state index in [0.29, 0.717) is 5.56 Å². The van der Waals surface area contributed by atoms with Crippen LogP contribution >= 0.6 is 15.9 Å². The van der Waals surface area contributed by atoms with Gasteiger partial charge in [0, 0.05) is 16.7 Å². The minimum Gasteiger partial charge on any atom is -0.480 e. The fourth-order valence-electron chi connectivity index (χ4n) is 2.47. The lowest BCUT2D eigenvalue weighted by atomic mass is 10.2. The van der Waals surface area contributed by atoms with E-state index in [1.165, 1.54) is 18.0 Å². The van der Waals surface area contributed by atoms with Gasteiger partial charge in [-0.05, 0) is 38.0 Å². The topological polar surface area (TPSA) is 75.4 Å². The number of nitrogens with zero attached hydrogens (tertiary/aromatic N) is 3. The van der Waals surface area contributed by atoms with Gasteiger partial charge < -0.3 is 10.0 Å². The number of carboxylic acids is 1. The molecule has 2 aromatic rings. The molecule has 1 amide bonds. The molecule has 0 bridgehead atoms. The van der Waals surface area contributed by atoms with Crippen molar-refractivity contribution in [2.45, 2.75) is 31.8 Å². The van der Waals surface area contributed by atoms with Crippen LogP contribution in [0.2, 0.25) is 0 Å². The van der Waals surface area contributed by atoms with Gasteiger partial charge in [-0.15, -0.1) is 0 Å². The van der Waals surface area contributed by atoms with Gasteiger partial charge in [0.1, 0.15) is 6.04 Å². The van der Waals surface area contributed by atoms with Crippen LogP contribution in [0.1, 0.15) is 30.1 Å². The fraction of sp³-hybridized carbons (Fsp3) is 0.312. The lowest BCUT2D eigenvalue weighted by Gasteiger charge is -2.25. The van der Waals surface area contributed by atoms with Crippen molar-refractivity contribution in [3.05, 3.63) is 46.7 Å². The van der Waals surface area contributed by atoms with Crippen LogP contribution in [0.5, 0.6) is 0 Å². The van der Waals surface area contributed by atoms with Crippen LogP contribution in [-0.4, -0.2) is 43.7 Å². The Morgan fingerprint density at radius 1 is 1.43 bits per heavy atom. The standard InChI is InChI=1S/C16H16BrN3O3/c1-10(16(22)23)20(13-5-6-13)15(21)11-8-18-19(9-11)14-4-2-3-12(17)7-14/h2-4,7-10,13H,5-6H2,1H3,(H,22,23). The van der Waals surface area contributed by atoms with Crippen molar-refractivity contribution >= 4 is 27.8 Å². The number of hydrogen-bond donors (Lipinski definition) is 1. The molecule has 3 rings (SSSR count). The van der Waals surface area contributed by atoms with Crippen LogP contribution in [0.25, 0.3) is 5.69 Å². The minimum absolute atomic E-state index is 0.0165. The highest BCUT2D eigenvalue weighted by molar-refractivity contribution is 9.10. The van der Waals surface area contributed by atoms with Gasteiger partial charge in [-0.1, -0.05) is 22.0 Å². The monoisotopic (exact) mass is 377 g/mol. The Morgan fingerprint density at radius 2 is 2.17 bits per heavy atom. The molecule has 6 nitrogen and oxygen atoms in total. The maximum Gasteiger partial charge on any atom is 0.326 e. The molecule has 1 atom stereocenters. The third-order valence-corrected chi connectivity index (χ3v) is 4.34. The summed E-state index contributed by atoms with van der Waals surface area (Å²) in [6.45, 7) is 1.54. The van der Waals surface area contributed by atoms with Crippen molar-refractivity contribution in [3.63, 3.8) is 0 Å². The zero-order valence-electron chi connectivity index (χ0n) is 12.5. The maximum atomic E-state index is 12.7. The van der Waals surface area contributed by atoms with E-state index >= 15 is 0 Å². The molecule has 0 spiro atoms. The number of rotatable bonds is 5. The molecule has 1 fully saturated rings. The van der Waals surface area contributed by atoms with Crippen LogP contribution in [0.15, 0.2) is 41.1 Å². The highest BCUT2D eigenvalue weighted by Crippen LogP contribution is 2.30. The summed E-state index contributed by atoms with van der Waals surface area (Å²) >= 11 is 3.40. The molecule has 0 radical (unpaired) electrons. The van der Waals surface area contributed by atoms with Crippen molar-refractivity contribution in [1.29, 1.82) is 0 Å². The second-order valence-corrected chi connectivity index (χ2v) is 6.53. The molecular weight excluding hydrogens is 362 g/mol. The average molecular weight is 378 g/mol. The van der Waals surface area contributed by atoms with Crippen LogP contribution in [0.4, 0.5) is 0 Å². The van der Waals surface area contributed by atoms with Crippen molar-refractivity contribution in [3.8, 4) is 5.69 Å². The number of halogens is 1. The first-order valence-electron chi connectivity index (χ1n) is 7.33. The SMILES string of the molecule is CC(C(=O)O)N(C(=O)c1cnn(-c2cccc(Br)c2)c1)C1CC1. The molecule has 1 heterocycles. The highest BCUT2D eigenvalue weighted by Gasteiger charge is 2.39. The smallest absolute Gasteiger partial charge is 0.326 e. The van der Waals surface area contributed by atoms with Crippen LogP contribution in [0, 0.1) is 0 Å². The number of hydrogen-bond acceptors (Lipinski definition) is 3. The summed E-state index contributed by atoms with van der Waals surface area (Å²) in [7, 11) is 0. The minimum atomic E-state index is -0.996. The van der Waals surface area contributed by atoms with E-state index in [-0.39, 0.29) is 11.9 Å². The molecule has 1 N–H and O–H groups in total. The largest absolute Gasteiger partial charge is 0.480 e. The molecule has 0 saturated heterocycles. The second kappa shape index (κ2) is 6.16. The second-order valence-electron chi connectivity index (χ2n) is 5.61. The summed E-state index contributed by atoms with van der Waals surface area (Å²) in [5.41, 5.74) is 1.22. The molecule has 1 aliphatic rings. The van der Waals surface area contributed by atoms with Crippen molar-refractivity contribution < 1.29 is 14.7 Å². The number of carboxylic acid groups (broad SMARTS) is 1.